The molecule has 1 saturated heterocycles. The first-order chi connectivity index (χ1) is 9.71. The van der Waals surface area contributed by atoms with E-state index in [0.717, 1.165) is 12.8 Å². The van der Waals surface area contributed by atoms with Crippen molar-refractivity contribution < 1.29 is 27.1 Å². The summed E-state index contributed by atoms with van der Waals surface area (Å²) in [4.78, 5) is 11.9. The molecule has 1 unspecified atom stereocenters. The Morgan fingerprint density at radius 1 is 1.43 bits per heavy atom. The number of halogens is 4. The third-order valence-electron chi connectivity index (χ3n) is 3.46. The first-order valence-electron chi connectivity index (χ1n) is 6.50. The van der Waals surface area contributed by atoms with Crippen LogP contribution < -0.4 is 5.32 Å². The minimum absolute atomic E-state index is 0.127. The molecule has 3 nitrogen and oxygen atoms in total. The van der Waals surface area contributed by atoms with Crippen LogP contribution in [-0.2, 0) is 10.9 Å². The number of ether oxygens (including phenoxy) is 1. The molecule has 0 aromatic heterocycles. The highest BCUT2D eigenvalue weighted by atomic mass is 19.4. The molecule has 1 aliphatic heterocycles. The molecule has 1 heterocycles. The highest BCUT2D eigenvalue weighted by Gasteiger charge is 2.33. The fraction of sp³-hybridized carbons (Fsp3) is 0.500. The summed E-state index contributed by atoms with van der Waals surface area (Å²) in [5.74, 6) is -1.87. The van der Waals surface area contributed by atoms with Gasteiger partial charge in [-0.05, 0) is 38.0 Å². The van der Waals surface area contributed by atoms with E-state index < -0.39 is 34.6 Å². The molecule has 1 N–H and O–H groups in total. The molecule has 0 radical (unpaired) electrons. The predicted octanol–water partition coefficient (Wildman–Crippen LogP) is 3.14. The molecule has 2 rings (SSSR count). The van der Waals surface area contributed by atoms with Crippen molar-refractivity contribution in [3.63, 3.8) is 0 Å². The van der Waals surface area contributed by atoms with Crippen LogP contribution in [0.15, 0.2) is 18.2 Å². The van der Waals surface area contributed by atoms with Crippen molar-refractivity contribution in [2.45, 2.75) is 31.5 Å². The quantitative estimate of drug-likeness (QED) is 0.871. The van der Waals surface area contributed by atoms with E-state index in [0.29, 0.717) is 24.8 Å². The zero-order valence-electron chi connectivity index (χ0n) is 11.4. The fourth-order valence-electron chi connectivity index (χ4n) is 2.21. The van der Waals surface area contributed by atoms with Crippen LogP contribution in [0.1, 0.15) is 35.7 Å². The molecule has 0 saturated carbocycles. The lowest BCUT2D eigenvalue weighted by atomic mass is 10.0. The third kappa shape index (κ3) is 3.72. The molecule has 21 heavy (non-hydrogen) atoms. The Morgan fingerprint density at radius 2 is 2.14 bits per heavy atom. The SMILES string of the molecule is CC1(CNC(=O)c2cc(C(F)(F)F)ccc2F)CCCO1. The Hall–Kier alpha value is -1.63. The van der Waals surface area contributed by atoms with Crippen LogP contribution in [0.5, 0.6) is 0 Å². The van der Waals surface area contributed by atoms with Crippen LogP contribution in [0.25, 0.3) is 0 Å². The van der Waals surface area contributed by atoms with Gasteiger partial charge in [0.25, 0.3) is 5.91 Å². The molecule has 1 aliphatic rings. The third-order valence-corrected chi connectivity index (χ3v) is 3.46. The Balaban J connectivity index is 2.11. The van der Waals surface area contributed by atoms with E-state index in [1.54, 1.807) is 6.92 Å². The normalized spacial score (nSPS) is 22.3. The van der Waals surface area contributed by atoms with Gasteiger partial charge in [-0.25, -0.2) is 4.39 Å². The Morgan fingerprint density at radius 3 is 2.71 bits per heavy atom. The summed E-state index contributed by atoms with van der Waals surface area (Å²) < 4.78 is 56.7. The molecule has 1 fully saturated rings. The van der Waals surface area contributed by atoms with Gasteiger partial charge in [-0.2, -0.15) is 13.2 Å². The number of nitrogens with one attached hydrogen (secondary N) is 1. The van der Waals surface area contributed by atoms with E-state index in [-0.39, 0.29) is 6.54 Å². The van der Waals surface area contributed by atoms with E-state index >= 15 is 0 Å². The number of amides is 1. The van der Waals surface area contributed by atoms with E-state index in [2.05, 4.69) is 5.32 Å². The zero-order valence-corrected chi connectivity index (χ0v) is 11.4. The van der Waals surface area contributed by atoms with E-state index in [9.17, 15) is 22.4 Å². The number of hydrogen-bond acceptors (Lipinski definition) is 2. The highest BCUT2D eigenvalue weighted by Crippen LogP contribution is 2.30. The molecular weight excluding hydrogens is 290 g/mol. The van der Waals surface area contributed by atoms with Gasteiger partial charge >= 0.3 is 6.18 Å². The van der Waals surface area contributed by atoms with Crippen molar-refractivity contribution in [3.8, 4) is 0 Å². The minimum Gasteiger partial charge on any atom is -0.373 e. The lowest BCUT2D eigenvalue weighted by Gasteiger charge is -2.23. The van der Waals surface area contributed by atoms with Crippen LogP contribution in [-0.4, -0.2) is 24.7 Å². The van der Waals surface area contributed by atoms with Gasteiger partial charge in [-0.1, -0.05) is 0 Å². The maximum atomic E-state index is 13.5. The smallest absolute Gasteiger partial charge is 0.373 e. The molecule has 1 atom stereocenters. The van der Waals surface area contributed by atoms with E-state index in [1.807, 2.05) is 0 Å². The van der Waals surface area contributed by atoms with Crippen LogP contribution >= 0.6 is 0 Å². The second kappa shape index (κ2) is 5.63. The van der Waals surface area contributed by atoms with Gasteiger partial charge in [0, 0.05) is 13.2 Å². The number of carbonyl (C=O) groups is 1. The molecular formula is C14H15F4NO2. The van der Waals surface area contributed by atoms with Crippen molar-refractivity contribution in [2.75, 3.05) is 13.2 Å². The van der Waals surface area contributed by atoms with Gasteiger partial charge in [0.2, 0.25) is 0 Å². The maximum Gasteiger partial charge on any atom is 0.416 e. The molecule has 0 aliphatic carbocycles. The summed E-state index contributed by atoms with van der Waals surface area (Å²) in [5, 5.41) is 2.43. The van der Waals surface area contributed by atoms with Crippen LogP contribution in [0.3, 0.4) is 0 Å². The molecule has 1 aromatic carbocycles. The lowest BCUT2D eigenvalue weighted by molar-refractivity contribution is -0.137. The summed E-state index contributed by atoms with van der Waals surface area (Å²) in [5.41, 5.74) is -2.22. The second-order valence-electron chi connectivity index (χ2n) is 5.28. The standard InChI is InChI=1S/C14H15F4NO2/c1-13(5-2-6-21-13)8-19-12(20)10-7-9(14(16,17)18)3-4-11(10)15/h3-4,7H,2,5-6,8H2,1H3,(H,19,20). The maximum absolute atomic E-state index is 13.5. The molecule has 1 aromatic rings. The van der Waals surface area contributed by atoms with Gasteiger partial charge in [-0.15, -0.1) is 0 Å². The Labute approximate surface area is 119 Å². The van der Waals surface area contributed by atoms with Crippen LogP contribution in [0.2, 0.25) is 0 Å². The molecule has 7 heteroatoms. The first kappa shape index (κ1) is 15.8. The van der Waals surface area contributed by atoms with Gasteiger partial charge < -0.3 is 10.1 Å². The largest absolute Gasteiger partial charge is 0.416 e. The highest BCUT2D eigenvalue weighted by molar-refractivity contribution is 5.94. The number of benzene rings is 1. The fourth-order valence-corrected chi connectivity index (χ4v) is 2.21. The number of carbonyl (C=O) groups excluding carboxylic acids is 1. The summed E-state index contributed by atoms with van der Waals surface area (Å²) in [7, 11) is 0. The van der Waals surface area contributed by atoms with Crippen LogP contribution in [0.4, 0.5) is 17.6 Å². The Kier molecular flexibility index (Phi) is 4.22. The van der Waals surface area contributed by atoms with Gasteiger partial charge in [-0.3, -0.25) is 4.79 Å². The number of hydrogen-bond donors (Lipinski definition) is 1. The van der Waals surface area contributed by atoms with Gasteiger partial charge in [0.15, 0.2) is 0 Å². The summed E-state index contributed by atoms with van der Waals surface area (Å²) in [6.07, 6.45) is -3.04. The second-order valence-corrected chi connectivity index (χ2v) is 5.28. The van der Waals surface area contributed by atoms with Crippen molar-refractivity contribution in [1.29, 1.82) is 0 Å². The Bertz CT molecular complexity index is 536. The number of alkyl halides is 3. The zero-order chi connectivity index (χ0) is 15.7. The topological polar surface area (TPSA) is 38.3 Å². The number of rotatable bonds is 3. The molecule has 116 valence electrons. The van der Waals surface area contributed by atoms with Crippen molar-refractivity contribution in [1.82, 2.24) is 5.32 Å². The summed E-state index contributed by atoms with van der Waals surface area (Å²) in [6.45, 7) is 2.49. The molecule has 0 spiro atoms. The lowest BCUT2D eigenvalue weighted by Crippen LogP contribution is -2.40. The average Bonchev–Trinajstić information content (AvgIpc) is 2.83. The minimum atomic E-state index is -4.62. The summed E-state index contributed by atoms with van der Waals surface area (Å²) in [6, 6.07) is 1.77. The molecule has 0 bridgehead atoms. The van der Waals surface area contributed by atoms with Crippen molar-refractivity contribution in [2.24, 2.45) is 0 Å². The first-order valence-corrected chi connectivity index (χ1v) is 6.50. The molecule has 1 amide bonds. The van der Waals surface area contributed by atoms with Gasteiger partial charge in [0.1, 0.15) is 5.82 Å². The summed E-state index contributed by atoms with van der Waals surface area (Å²) >= 11 is 0. The van der Waals surface area contributed by atoms with Gasteiger partial charge in [0.05, 0.1) is 16.7 Å². The average molecular weight is 305 g/mol. The van der Waals surface area contributed by atoms with Crippen molar-refractivity contribution >= 4 is 5.91 Å². The predicted molar refractivity (Wildman–Crippen MR) is 67.3 cm³/mol. The van der Waals surface area contributed by atoms with Crippen LogP contribution in [0, 0.1) is 5.82 Å². The monoisotopic (exact) mass is 305 g/mol. The van der Waals surface area contributed by atoms with Crippen molar-refractivity contribution in [3.05, 3.63) is 35.1 Å². The van der Waals surface area contributed by atoms with E-state index in [1.165, 1.54) is 0 Å². The van der Waals surface area contributed by atoms with E-state index in [4.69, 9.17) is 4.74 Å².